The Hall–Kier alpha value is -1.46. The van der Waals surface area contributed by atoms with Crippen molar-refractivity contribution in [3.63, 3.8) is 0 Å². The second kappa shape index (κ2) is 6.12. The Morgan fingerprint density at radius 2 is 2.21 bits per heavy atom. The van der Waals surface area contributed by atoms with Gasteiger partial charge >= 0.3 is 5.97 Å². The van der Waals surface area contributed by atoms with E-state index in [1.54, 1.807) is 24.9 Å². The highest BCUT2D eigenvalue weighted by Crippen LogP contribution is 2.31. The molecule has 0 aliphatic rings. The summed E-state index contributed by atoms with van der Waals surface area (Å²) in [5, 5.41) is 10.8. The van der Waals surface area contributed by atoms with Gasteiger partial charge in [0.15, 0.2) is 0 Å². The lowest BCUT2D eigenvalue weighted by Crippen LogP contribution is -1.91. The number of carboxylic acids is 1. The molecule has 1 aromatic carbocycles. The van der Waals surface area contributed by atoms with Crippen molar-refractivity contribution in [3.8, 4) is 5.75 Å². The first kappa shape index (κ1) is 14.0. The van der Waals surface area contributed by atoms with E-state index in [9.17, 15) is 4.79 Å². The van der Waals surface area contributed by atoms with Crippen LogP contribution >= 0.6 is 23.1 Å². The molecule has 0 bridgehead atoms. The Bertz CT molecular complexity index is 590. The molecular formula is C14H14O3S2. The first-order valence-electron chi connectivity index (χ1n) is 5.68. The van der Waals surface area contributed by atoms with Gasteiger partial charge in [-0.05, 0) is 19.1 Å². The van der Waals surface area contributed by atoms with Crippen LogP contribution in [0.1, 0.15) is 20.8 Å². The summed E-state index contributed by atoms with van der Waals surface area (Å²) in [7, 11) is 1.66. The molecule has 1 N–H and O–H groups in total. The first-order valence-corrected chi connectivity index (χ1v) is 7.55. The SMILES string of the molecule is COc1ccc(C)cc1CSc1csc(C(=O)O)c1. The molecule has 0 spiro atoms. The van der Waals surface area contributed by atoms with Crippen molar-refractivity contribution in [2.24, 2.45) is 0 Å². The fraction of sp³-hybridized carbons (Fsp3) is 0.214. The zero-order valence-corrected chi connectivity index (χ0v) is 12.3. The smallest absolute Gasteiger partial charge is 0.345 e. The third kappa shape index (κ3) is 3.52. The second-order valence-corrected chi connectivity index (χ2v) is 6.02. The number of aromatic carboxylic acids is 1. The van der Waals surface area contributed by atoms with E-state index in [2.05, 4.69) is 6.07 Å². The van der Waals surface area contributed by atoms with Gasteiger partial charge in [-0.3, -0.25) is 0 Å². The van der Waals surface area contributed by atoms with Gasteiger partial charge in [-0.2, -0.15) is 0 Å². The summed E-state index contributed by atoms with van der Waals surface area (Å²) < 4.78 is 5.33. The lowest BCUT2D eigenvalue weighted by Gasteiger charge is -2.08. The molecular weight excluding hydrogens is 280 g/mol. The first-order chi connectivity index (χ1) is 9.10. The van der Waals surface area contributed by atoms with Crippen LogP contribution in [0.25, 0.3) is 0 Å². The van der Waals surface area contributed by atoms with Crippen molar-refractivity contribution in [1.82, 2.24) is 0 Å². The van der Waals surface area contributed by atoms with Crippen molar-refractivity contribution in [3.05, 3.63) is 45.6 Å². The molecule has 0 aliphatic heterocycles. The van der Waals surface area contributed by atoms with Crippen LogP contribution in [0.2, 0.25) is 0 Å². The van der Waals surface area contributed by atoms with Gasteiger partial charge in [-0.25, -0.2) is 4.79 Å². The van der Waals surface area contributed by atoms with Crippen LogP contribution in [0, 0.1) is 6.92 Å². The van der Waals surface area contributed by atoms with Crippen molar-refractivity contribution >= 4 is 29.1 Å². The van der Waals surface area contributed by atoms with E-state index < -0.39 is 5.97 Å². The Labute approximate surface area is 120 Å². The van der Waals surface area contributed by atoms with E-state index in [0.29, 0.717) is 4.88 Å². The Morgan fingerprint density at radius 3 is 2.84 bits per heavy atom. The molecule has 100 valence electrons. The van der Waals surface area contributed by atoms with Crippen LogP contribution in [0.5, 0.6) is 5.75 Å². The number of thioether (sulfide) groups is 1. The minimum atomic E-state index is -0.870. The van der Waals surface area contributed by atoms with Gasteiger partial charge in [0.05, 0.1) is 7.11 Å². The lowest BCUT2D eigenvalue weighted by atomic mass is 10.1. The minimum absolute atomic E-state index is 0.374. The molecule has 2 aromatic rings. The number of carbonyl (C=O) groups is 1. The average molecular weight is 294 g/mol. The van der Waals surface area contributed by atoms with Crippen LogP contribution in [-0.2, 0) is 5.75 Å². The number of carboxylic acid groups (broad SMARTS) is 1. The summed E-state index contributed by atoms with van der Waals surface area (Å²) in [4.78, 5) is 12.2. The Kier molecular flexibility index (Phi) is 4.50. The van der Waals surface area contributed by atoms with E-state index in [1.165, 1.54) is 16.9 Å². The lowest BCUT2D eigenvalue weighted by molar-refractivity contribution is 0.0702. The summed E-state index contributed by atoms with van der Waals surface area (Å²) >= 11 is 2.87. The molecule has 0 unspecified atom stereocenters. The molecule has 1 heterocycles. The van der Waals surface area contributed by atoms with E-state index >= 15 is 0 Å². The van der Waals surface area contributed by atoms with E-state index in [0.717, 1.165) is 22.0 Å². The maximum absolute atomic E-state index is 10.8. The molecule has 0 atom stereocenters. The molecule has 0 radical (unpaired) electrons. The third-order valence-corrected chi connectivity index (χ3v) is 4.71. The Balaban J connectivity index is 2.09. The molecule has 0 saturated carbocycles. The van der Waals surface area contributed by atoms with Crippen molar-refractivity contribution < 1.29 is 14.6 Å². The van der Waals surface area contributed by atoms with E-state index in [-0.39, 0.29) is 0 Å². The number of ether oxygens (including phenoxy) is 1. The van der Waals surface area contributed by atoms with Crippen LogP contribution in [0.4, 0.5) is 0 Å². The largest absolute Gasteiger partial charge is 0.496 e. The van der Waals surface area contributed by atoms with Gasteiger partial charge in [-0.1, -0.05) is 17.7 Å². The van der Waals surface area contributed by atoms with Gasteiger partial charge in [0.25, 0.3) is 0 Å². The minimum Gasteiger partial charge on any atom is -0.496 e. The predicted octanol–water partition coefficient (Wildman–Crippen LogP) is 4.06. The number of benzene rings is 1. The standard InChI is InChI=1S/C14H14O3S2/c1-9-3-4-12(17-2)10(5-9)7-18-11-6-13(14(15)16)19-8-11/h3-6,8H,7H2,1-2H3,(H,15,16). The summed E-state index contributed by atoms with van der Waals surface area (Å²) in [6, 6.07) is 7.78. The maximum Gasteiger partial charge on any atom is 0.345 e. The summed E-state index contributed by atoms with van der Waals surface area (Å²) in [5.41, 5.74) is 2.31. The number of hydrogen-bond donors (Lipinski definition) is 1. The molecule has 1 aromatic heterocycles. The van der Waals surface area contributed by atoms with Crippen molar-refractivity contribution in [1.29, 1.82) is 0 Å². The van der Waals surface area contributed by atoms with Crippen LogP contribution < -0.4 is 4.74 Å². The summed E-state index contributed by atoms with van der Waals surface area (Å²) in [5.74, 6) is 0.762. The molecule has 5 heteroatoms. The molecule has 19 heavy (non-hydrogen) atoms. The fourth-order valence-corrected chi connectivity index (χ4v) is 3.53. The number of thiophene rings is 1. The number of aryl methyl sites for hydroxylation is 1. The molecule has 3 nitrogen and oxygen atoms in total. The number of hydrogen-bond acceptors (Lipinski definition) is 4. The summed E-state index contributed by atoms with van der Waals surface area (Å²) in [6.45, 7) is 2.04. The average Bonchev–Trinajstić information content (AvgIpc) is 2.85. The van der Waals surface area contributed by atoms with Gasteiger partial charge in [0.2, 0.25) is 0 Å². The van der Waals surface area contributed by atoms with Crippen molar-refractivity contribution in [2.45, 2.75) is 17.6 Å². The second-order valence-electron chi connectivity index (χ2n) is 4.06. The fourth-order valence-electron chi connectivity index (χ4n) is 1.69. The van der Waals surface area contributed by atoms with Gasteiger partial charge in [-0.15, -0.1) is 23.1 Å². The van der Waals surface area contributed by atoms with Gasteiger partial charge < -0.3 is 9.84 Å². The van der Waals surface area contributed by atoms with E-state index in [1.807, 2.05) is 24.4 Å². The topological polar surface area (TPSA) is 46.5 Å². The van der Waals surface area contributed by atoms with Crippen LogP contribution in [0.15, 0.2) is 34.5 Å². The zero-order chi connectivity index (χ0) is 13.8. The van der Waals surface area contributed by atoms with Gasteiger partial charge in [0, 0.05) is 21.6 Å². The normalized spacial score (nSPS) is 10.4. The maximum atomic E-state index is 10.8. The monoisotopic (exact) mass is 294 g/mol. The molecule has 0 aliphatic carbocycles. The van der Waals surface area contributed by atoms with Crippen LogP contribution in [0.3, 0.4) is 0 Å². The third-order valence-electron chi connectivity index (χ3n) is 2.62. The quantitative estimate of drug-likeness (QED) is 0.845. The highest BCUT2D eigenvalue weighted by atomic mass is 32.2. The number of methoxy groups -OCH3 is 1. The molecule has 0 saturated heterocycles. The predicted molar refractivity (Wildman–Crippen MR) is 78.6 cm³/mol. The number of rotatable bonds is 5. The molecule has 0 fully saturated rings. The zero-order valence-electron chi connectivity index (χ0n) is 10.7. The van der Waals surface area contributed by atoms with E-state index in [4.69, 9.17) is 9.84 Å². The Morgan fingerprint density at radius 1 is 1.42 bits per heavy atom. The highest BCUT2D eigenvalue weighted by Gasteiger charge is 2.09. The highest BCUT2D eigenvalue weighted by molar-refractivity contribution is 7.98. The van der Waals surface area contributed by atoms with Gasteiger partial charge in [0.1, 0.15) is 10.6 Å². The molecule has 2 rings (SSSR count). The van der Waals surface area contributed by atoms with Crippen LogP contribution in [-0.4, -0.2) is 18.2 Å². The summed E-state index contributed by atoms with van der Waals surface area (Å²) in [6.07, 6.45) is 0. The molecule has 0 amide bonds. The van der Waals surface area contributed by atoms with Crippen molar-refractivity contribution in [2.75, 3.05) is 7.11 Å².